The molecule has 1 aromatic carbocycles. The molecule has 2 fully saturated rings. The molecule has 0 spiro atoms. The molecule has 2 unspecified atom stereocenters. The van der Waals surface area contributed by atoms with E-state index in [-0.39, 0.29) is 5.92 Å². The summed E-state index contributed by atoms with van der Waals surface area (Å²) in [7, 11) is 1.71. The number of ether oxygens (including phenoxy) is 1. The van der Waals surface area contributed by atoms with Gasteiger partial charge in [0.05, 0.1) is 19.1 Å². The highest BCUT2D eigenvalue weighted by Crippen LogP contribution is 2.39. The van der Waals surface area contributed by atoms with Gasteiger partial charge in [-0.25, -0.2) is 0 Å². The molecule has 2 atom stereocenters. The quantitative estimate of drug-likeness (QED) is 0.913. The number of hydrogen-bond donors (Lipinski definition) is 1. The summed E-state index contributed by atoms with van der Waals surface area (Å²) in [5.74, 6) is 1.81. The lowest BCUT2D eigenvalue weighted by Gasteiger charge is -2.38. The average Bonchev–Trinajstić information content (AvgIpc) is 2.89. The second-order valence-electron chi connectivity index (χ2n) is 6.08. The standard InChI is InChI=1S/C17H22N2O/c1-20-16-6-2-4-12(10-16)14-8-15(9-14)19-17-7-3-5-13(17)11-18/h2,4,6,10,13-15,17,19H,3,5,7-9H2,1H3. The predicted molar refractivity (Wildman–Crippen MR) is 78.6 cm³/mol. The smallest absolute Gasteiger partial charge is 0.119 e. The molecule has 0 aromatic heterocycles. The highest BCUT2D eigenvalue weighted by molar-refractivity contribution is 5.32. The summed E-state index contributed by atoms with van der Waals surface area (Å²) in [6, 6.07) is 11.9. The number of methoxy groups -OCH3 is 1. The Morgan fingerprint density at radius 2 is 2.15 bits per heavy atom. The van der Waals surface area contributed by atoms with Crippen LogP contribution in [-0.2, 0) is 0 Å². The van der Waals surface area contributed by atoms with Crippen molar-refractivity contribution >= 4 is 0 Å². The van der Waals surface area contributed by atoms with E-state index >= 15 is 0 Å². The molecule has 0 amide bonds. The minimum absolute atomic E-state index is 0.228. The van der Waals surface area contributed by atoms with Crippen molar-refractivity contribution in [3.63, 3.8) is 0 Å². The Balaban J connectivity index is 1.52. The topological polar surface area (TPSA) is 45.0 Å². The van der Waals surface area contributed by atoms with Crippen molar-refractivity contribution in [2.24, 2.45) is 5.92 Å². The van der Waals surface area contributed by atoms with Crippen molar-refractivity contribution in [1.29, 1.82) is 5.26 Å². The van der Waals surface area contributed by atoms with Gasteiger partial charge in [-0.15, -0.1) is 0 Å². The van der Waals surface area contributed by atoms with Crippen molar-refractivity contribution in [2.75, 3.05) is 7.11 Å². The van der Waals surface area contributed by atoms with Crippen LogP contribution in [-0.4, -0.2) is 19.2 Å². The molecule has 0 heterocycles. The molecule has 106 valence electrons. The molecule has 0 aliphatic heterocycles. The highest BCUT2D eigenvalue weighted by atomic mass is 16.5. The summed E-state index contributed by atoms with van der Waals surface area (Å²) in [5.41, 5.74) is 1.38. The van der Waals surface area contributed by atoms with Gasteiger partial charge in [0.25, 0.3) is 0 Å². The highest BCUT2D eigenvalue weighted by Gasteiger charge is 2.35. The van der Waals surface area contributed by atoms with E-state index in [9.17, 15) is 0 Å². The summed E-state index contributed by atoms with van der Waals surface area (Å²) >= 11 is 0. The second kappa shape index (κ2) is 5.85. The molecule has 2 saturated carbocycles. The number of nitrogens with zero attached hydrogens (tertiary/aromatic N) is 1. The third-order valence-electron chi connectivity index (χ3n) is 4.83. The second-order valence-corrected chi connectivity index (χ2v) is 6.08. The lowest BCUT2D eigenvalue weighted by Crippen LogP contribution is -2.46. The molecular formula is C17H22N2O. The average molecular weight is 270 g/mol. The van der Waals surface area contributed by atoms with Crippen LogP contribution >= 0.6 is 0 Å². The Labute approximate surface area is 120 Å². The number of nitriles is 1. The first-order valence-corrected chi connectivity index (χ1v) is 7.59. The third-order valence-corrected chi connectivity index (χ3v) is 4.83. The molecule has 3 rings (SSSR count). The monoisotopic (exact) mass is 270 g/mol. The van der Waals surface area contributed by atoms with Gasteiger partial charge in [-0.1, -0.05) is 18.6 Å². The van der Waals surface area contributed by atoms with Crippen LogP contribution in [0.25, 0.3) is 0 Å². The molecule has 1 N–H and O–H groups in total. The van der Waals surface area contributed by atoms with Crippen molar-refractivity contribution < 1.29 is 4.74 Å². The number of nitrogens with one attached hydrogen (secondary N) is 1. The van der Waals surface area contributed by atoms with E-state index in [0.29, 0.717) is 18.0 Å². The van der Waals surface area contributed by atoms with E-state index in [1.807, 2.05) is 6.07 Å². The van der Waals surface area contributed by atoms with E-state index < -0.39 is 0 Å². The predicted octanol–water partition coefficient (Wildman–Crippen LogP) is 3.22. The maximum atomic E-state index is 9.12. The van der Waals surface area contributed by atoms with E-state index in [2.05, 4.69) is 29.6 Å². The van der Waals surface area contributed by atoms with Crippen molar-refractivity contribution in [2.45, 2.75) is 50.1 Å². The molecule has 2 aliphatic carbocycles. The summed E-state index contributed by atoms with van der Waals surface area (Å²) in [6.45, 7) is 0. The zero-order valence-electron chi connectivity index (χ0n) is 12.0. The summed E-state index contributed by atoms with van der Waals surface area (Å²) in [5, 5.41) is 12.8. The Kier molecular flexibility index (Phi) is 3.93. The number of rotatable bonds is 4. The summed E-state index contributed by atoms with van der Waals surface area (Å²) in [4.78, 5) is 0. The van der Waals surface area contributed by atoms with Crippen LogP contribution in [0.5, 0.6) is 5.75 Å². The molecule has 1 aromatic rings. The Morgan fingerprint density at radius 1 is 1.30 bits per heavy atom. The van der Waals surface area contributed by atoms with Crippen LogP contribution in [0.15, 0.2) is 24.3 Å². The van der Waals surface area contributed by atoms with Crippen molar-refractivity contribution in [3.8, 4) is 11.8 Å². The molecule has 20 heavy (non-hydrogen) atoms. The van der Waals surface area contributed by atoms with Gasteiger partial charge in [-0.3, -0.25) is 0 Å². The van der Waals surface area contributed by atoms with Gasteiger partial charge in [0, 0.05) is 12.1 Å². The maximum Gasteiger partial charge on any atom is 0.119 e. The largest absolute Gasteiger partial charge is 0.497 e. The van der Waals surface area contributed by atoms with Crippen LogP contribution in [0.2, 0.25) is 0 Å². The fourth-order valence-electron chi connectivity index (χ4n) is 3.54. The van der Waals surface area contributed by atoms with Gasteiger partial charge in [0.1, 0.15) is 5.75 Å². The van der Waals surface area contributed by atoms with Crippen LogP contribution in [0.1, 0.15) is 43.6 Å². The van der Waals surface area contributed by atoms with E-state index in [1.54, 1.807) is 7.11 Å². The van der Waals surface area contributed by atoms with Gasteiger partial charge >= 0.3 is 0 Å². The fourth-order valence-corrected chi connectivity index (χ4v) is 3.54. The summed E-state index contributed by atoms with van der Waals surface area (Å²) in [6.07, 6.45) is 5.80. The van der Waals surface area contributed by atoms with E-state index in [0.717, 1.165) is 12.2 Å². The molecule has 0 radical (unpaired) electrons. The first-order chi connectivity index (χ1) is 9.80. The fraction of sp³-hybridized carbons (Fsp3) is 0.588. The first kappa shape index (κ1) is 13.5. The SMILES string of the molecule is COc1cccc(C2CC(NC3CCCC3C#N)C2)c1. The minimum Gasteiger partial charge on any atom is -0.497 e. The third kappa shape index (κ3) is 2.66. The Morgan fingerprint density at radius 3 is 2.90 bits per heavy atom. The van der Waals surface area contributed by atoms with Crippen LogP contribution in [0.3, 0.4) is 0 Å². The Bertz CT molecular complexity index is 502. The maximum absolute atomic E-state index is 9.12. The lowest BCUT2D eigenvalue weighted by molar-refractivity contribution is 0.254. The van der Waals surface area contributed by atoms with Crippen molar-refractivity contribution in [1.82, 2.24) is 5.32 Å². The molecular weight excluding hydrogens is 248 g/mol. The molecule has 0 bridgehead atoms. The van der Waals surface area contributed by atoms with Crippen LogP contribution in [0, 0.1) is 17.2 Å². The van der Waals surface area contributed by atoms with Gasteiger partial charge in [-0.2, -0.15) is 5.26 Å². The number of hydrogen-bond acceptors (Lipinski definition) is 3. The molecule has 0 saturated heterocycles. The van der Waals surface area contributed by atoms with Crippen LogP contribution in [0.4, 0.5) is 0 Å². The van der Waals surface area contributed by atoms with Gasteiger partial charge in [0.2, 0.25) is 0 Å². The van der Waals surface area contributed by atoms with E-state index in [1.165, 1.54) is 31.2 Å². The lowest BCUT2D eigenvalue weighted by atomic mass is 9.75. The molecule has 3 nitrogen and oxygen atoms in total. The van der Waals surface area contributed by atoms with Crippen LogP contribution < -0.4 is 10.1 Å². The molecule has 2 aliphatic rings. The van der Waals surface area contributed by atoms with Gasteiger partial charge in [0.15, 0.2) is 0 Å². The van der Waals surface area contributed by atoms with E-state index in [4.69, 9.17) is 10.00 Å². The van der Waals surface area contributed by atoms with Crippen molar-refractivity contribution in [3.05, 3.63) is 29.8 Å². The van der Waals surface area contributed by atoms with Gasteiger partial charge in [-0.05, 0) is 49.3 Å². The Hall–Kier alpha value is -1.53. The zero-order valence-corrected chi connectivity index (χ0v) is 12.0. The van der Waals surface area contributed by atoms with Gasteiger partial charge < -0.3 is 10.1 Å². The zero-order chi connectivity index (χ0) is 13.9. The molecule has 3 heteroatoms. The summed E-state index contributed by atoms with van der Waals surface area (Å²) < 4.78 is 5.28. The first-order valence-electron chi connectivity index (χ1n) is 7.59. The number of benzene rings is 1. The minimum atomic E-state index is 0.228. The normalized spacial score (nSPS) is 32.4.